The van der Waals surface area contributed by atoms with E-state index in [1.165, 1.54) is 6.07 Å². The average Bonchev–Trinajstić information content (AvgIpc) is 2.90. The SMILES string of the molecule is CCCCOc1cc(C(CC=CC(=O)O)OCC)ccc1OCCc1ccc(OCOCCOC)c(F)c1. The topological polar surface area (TPSA) is 92.7 Å². The molecule has 0 spiro atoms. The number of carboxylic acid groups (broad SMARTS) is 1. The van der Waals surface area contributed by atoms with Crippen molar-refractivity contribution < 1.29 is 42.7 Å². The molecule has 0 saturated heterocycles. The smallest absolute Gasteiger partial charge is 0.327 e. The minimum atomic E-state index is -0.999. The van der Waals surface area contributed by atoms with Crippen molar-refractivity contribution in [2.45, 2.75) is 45.6 Å². The van der Waals surface area contributed by atoms with E-state index in [1.54, 1.807) is 25.3 Å². The minimum Gasteiger partial charge on any atom is -0.490 e. The lowest BCUT2D eigenvalue weighted by Crippen LogP contribution is -2.09. The van der Waals surface area contributed by atoms with Gasteiger partial charge >= 0.3 is 5.97 Å². The lowest BCUT2D eigenvalue weighted by Gasteiger charge is -2.19. The van der Waals surface area contributed by atoms with Crippen LogP contribution < -0.4 is 14.2 Å². The first-order chi connectivity index (χ1) is 18.5. The molecule has 2 rings (SSSR count). The van der Waals surface area contributed by atoms with E-state index in [0.29, 0.717) is 57.4 Å². The number of halogens is 1. The first kappa shape index (κ1) is 31.1. The van der Waals surface area contributed by atoms with Gasteiger partial charge in [0.05, 0.1) is 32.5 Å². The normalized spacial score (nSPS) is 12.0. The van der Waals surface area contributed by atoms with Gasteiger partial charge in [-0.3, -0.25) is 0 Å². The van der Waals surface area contributed by atoms with Gasteiger partial charge in [-0.05, 0) is 55.2 Å². The van der Waals surface area contributed by atoms with E-state index in [-0.39, 0.29) is 18.6 Å². The van der Waals surface area contributed by atoms with Crippen LogP contribution in [0.3, 0.4) is 0 Å². The van der Waals surface area contributed by atoms with Crippen LogP contribution in [0.1, 0.15) is 50.3 Å². The molecule has 0 radical (unpaired) electrons. The van der Waals surface area contributed by atoms with E-state index >= 15 is 0 Å². The van der Waals surface area contributed by atoms with Crippen LogP contribution >= 0.6 is 0 Å². The number of benzene rings is 2. The van der Waals surface area contributed by atoms with E-state index < -0.39 is 11.8 Å². The Balaban J connectivity index is 2.03. The Hall–Kier alpha value is -3.14. The highest BCUT2D eigenvalue weighted by molar-refractivity contribution is 5.79. The van der Waals surface area contributed by atoms with Crippen molar-refractivity contribution in [1.29, 1.82) is 0 Å². The second-order valence-corrected chi connectivity index (χ2v) is 8.35. The van der Waals surface area contributed by atoms with Crippen molar-refractivity contribution >= 4 is 5.97 Å². The number of rotatable bonds is 20. The molecule has 0 fully saturated rings. The summed E-state index contributed by atoms with van der Waals surface area (Å²) < 4.78 is 47.7. The molecule has 0 amide bonds. The molecular weight excluding hydrogens is 495 g/mol. The van der Waals surface area contributed by atoms with E-state index in [2.05, 4.69) is 6.92 Å². The number of carbonyl (C=O) groups is 1. The molecule has 2 aromatic carbocycles. The molecule has 0 bridgehead atoms. The summed E-state index contributed by atoms with van der Waals surface area (Å²) in [6, 6.07) is 10.4. The summed E-state index contributed by atoms with van der Waals surface area (Å²) in [6.45, 7) is 6.07. The summed E-state index contributed by atoms with van der Waals surface area (Å²) in [5, 5.41) is 8.88. The van der Waals surface area contributed by atoms with Crippen LogP contribution in [0.15, 0.2) is 48.6 Å². The number of methoxy groups -OCH3 is 1. The number of carboxylic acids is 1. The maximum absolute atomic E-state index is 14.4. The molecule has 8 nitrogen and oxygen atoms in total. The van der Waals surface area contributed by atoms with Gasteiger partial charge in [0.25, 0.3) is 0 Å². The van der Waals surface area contributed by atoms with Gasteiger partial charge in [-0.2, -0.15) is 0 Å². The molecule has 0 aliphatic carbocycles. The summed E-state index contributed by atoms with van der Waals surface area (Å²) in [5.74, 6) is -0.177. The number of hydrogen-bond donors (Lipinski definition) is 1. The summed E-state index contributed by atoms with van der Waals surface area (Å²) in [7, 11) is 1.57. The van der Waals surface area contributed by atoms with Crippen LogP contribution in [-0.2, 0) is 25.4 Å². The van der Waals surface area contributed by atoms with Gasteiger partial charge in [0.2, 0.25) is 0 Å². The van der Waals surface area contributed by atoms with Gasteiger partial charge in [0.1, 0.15) is 0 Å². The van der Waals surface area contributed by atoms with Crippen molar-refractivity contribution in [2.75, 3.05) is 46.9 Å². The van der Waals surface area contributed by atoms with Gasteiger partial charge < -0.3 is 33.5 Å². The van der Waals surface area contributed by atoms with E-state index in [1.807, 2.05) is 25.1 Å². The standard InChI is InChI=1S/C29H39FO8/c1-4-6-15-36-28-20-23(25(35-5-2)8-7-9-29(31)32)11-13-27(28)37-16-14-22-10-12-26(24(30)19-22)38-21-34-18-17-33-3/h7,9-13,19-20,25H,4-6,8,14-18,21H2,1-3H3,(H,31,32). The molecule has 1 unspecified atom stereocenters. The van der Waals surface area contributed by atoms with Gasteiger partial charge in [0.15, 0.2) is 29.9 Å². The Bertz CT molecular complexity index is 995. The zero-order valence-corrected chi connectivity index (χ0v) is 22.5. The van der Waals surface area contributed by atoms with E-state index in [9.17, 15) is 9.18 Å². The fraction of sp³-hybridized carbons (Fsp3) is 0.483. The quantitative estimate of drug-likeness (QED) is 0.131. The maximum Gasteiger partial charge on any atom is 0.327 e. The Morgan fingerprint density at radius 3 is 2.47 bits per heavy atom. The minimum absolute atomic E-state index is 0.0560. The summed E-state index contributed by atoms with van der Waals surface area (Å²) in [5.41, 5.74) is 1.63. The van der Waals surface area contributed by atoms with Crippen LogP contribution in [0.5, 0.6) is 17.2 Å². The summed E-state index contributed by atoms with van der Waals surface area (Å²) in [4.78, 5) is 10.8. The Morgan fingerprint density at radius 2 is 1.76 bits per heavy atom. The van der Waals surface area contributed by atoms with Gasteiger partial charge in [-0.1, -0.05) is 31.6 Å². The molecule has 0 saturated carbocycles. The molecule has 2 aromatic rings. The summed E-state index contributed by atoms with van der Waals surface area (Å²) in [6.07, 6.45) is 5.16. The van der Waals surface area contributed by atoms with Gasteiger partial charge in [0, 0.05) is 26.2 Å². The third kappa shape index (κ3) is 11.5. The van der Waals surface area contributed by atoms with Crippen LogP contribution in [0.4, 0.5) is 4.39 Å². The maximum atomic E-state index is 14.4. The van der Waals surface area contributed by atoms with E-state index in [4.69, 9.17) is 33.5 Å². The van der Waals surface area contributed by atoms with Crippen molar-refractivity contribution in [3.8, 4) is 17.2 Å². The highest BCUT2D eigenvalue weighted by Gasteiger charge is 2.15. The average molecular weight is 535 g/mol. The van der Waals surface area contributed by atoms with Crippen molar-refractivity contribution in [2.24, 2.45) is 0 Å². The zero-order chi connectivity index (χ0) is 27.6. The molecule has 0 aromatic heterocycles. The fourth-order valence-electron chi connectivity index (χ4n) is 3.48. The van der Waals surface area contributed by atoms with Crippen LogP contribution in [0.25, 0.3) is 0 Å². The predicted molar refractivity (Wildman–Crippen MR) is 142 cm³/mol. The second kappa shape index (κ2) is 18.2. The van der Waals surface area contributed by atoms with Crippen LogP contribution in [0.2, 0.25) is 0 Å². The molecular formula is C29H39FO8. The lowest BCUT2D eigenvalue weighted by atomic mass is 10.1. The predicted octanol–water partition coefficient (Wildman–Crippen LogP) is 5.73. The molecule has 1 N–H and O–H groups in total. The largest absolute Gasteiger partial charge is 0.490 e. The first-order valence-electron chi connectivity index (χ1n) is 12.9. The Kier molecular flexibility index (Phi) is 14.9. The lowest BCUT2D eigenvalue weighted by molar-refractivity contribution is -0.131. The van der Waals surface area contributed by atoms with Gasteiger partial charge in [-0.15, -0.1) is 0 Å². The molecule has 38 heavy (non-hydrogen) atoms. The number of aliphatic carboxylic acids is 1. The number of ether oxygens (including phenoxy) is 6. The van der Waals surface area contributed by atoms with Crippen LogP contribution in [-0.4, -0.2) is 58.0 Å². The number of hydrogen-bond acceptors (Lipinski definition) is 7. The third-order valence-corrected chi connectivity index (χ3v) is 5.45. The van der Waals surface area contributed by atoms with Crippen LogP contribution in [0, 0.1) is 5.82 Å². The van der Waals surface area contributed by atoms with Crippen molar-refractivity contribution in [3.63, 3.8) is 0 Å². The Labute approximate surface area is 224 Å². The third-order valence-electron chi connectivity index (χ3n) is 5.45. The summed E-state index contributed by atoms with van der Waals surface area (Å²) >= 11 is 0. The molecule has 9 heteroatoms. The second-order valence-electron chi connectivity index (χ2n) is 8.35. The highest BCUT2D eigenvalue weighted by atomic mass is 19.1. The first-order valence-corrected chi connectivity index (χ1v) is 12.9. The molecule has 210 valence electrons. The van der Waals surface area contributed by atoms with Crippen molar-refractivity contribution in [1.82, 2.24) is 0 Å². The highest BCUT2D eigenvalue weighted by Crippen LogP contribution is 2.33. The number of unbranched alkanes of at least 4 members (excludes halogenated alkanes) is 1. The molecule has 0 aliphatic rings. The zero-order valence-electron chi connectivity index (χ0n) is 22.5. The van der Waals surface area contributed by atoms with Gasteiger partial charge in [-0.25, -0.2) is 9.18 Å². The van der Waals surface area contributed by atoms with E-state index in [0.717, 1.165) is 30.0 Å². The molecule has 0 aliphatic heterocycles. The fourth-order valence-corrected chi connectivity index (χ4v) is 3.48. The monoisotopic (exact) mass is 534 g/mol. The Morgan fingerprint density at radius 1 is 0.974 bits per heavy atom. The molecule has 0 heterocycles. The molecule has 1 atom stereocenters. The van der Waals surface area contributed by atoms with Crippen molar-refractivity contribution in [3.05, 3.63) is 65.5 Å².